The van der Waals surface area contributed by atoms with Gasteiger partial charge in [0, 0.05) is 4.47 Å². The number of carbonyl (C=O) groups is 1. The standard InChI is InChI=1S/C15H19BrO3/c1-9-3-4-11(7-10(9)2)19-12-5-6-13(15(17)18)14(16)8-12/h5-6,8-11H,3-4,7H2,1-2H3,(H,17,18). The van der Waals surface area contributed by atoms with E-state index in [1.54, 1.807) is 18.2 Å². The van der Waals surface area contributed by atoms with Gasteiger partial charge in [-0.3, -0.25) is 0 Å². The molecule has 3 nitrogen and oxygen atoms in total. The Labute approximate surface area is 122 Å². The fourth-order valence-electron chi connectivity index (χ4n) is 2.54. The van der Waals surface area contributed by atoms with Gasteiger partial charge in [-0.05, 0) is 65.2 Å². The molecule has 1 aromatic carbocycles. The van der Waals surface area contributed by atoms with Crippen molar-refractivity contribution in [3.8, 4) is 5.75 Å². The van der Waals surface area contributed by atoms with Crippen LogP contribution in [0, 0.1) is 11.8 Å². The molecule has 4 heteroatoms. The molecule has 0 saturated heterocycles. The second-order valence-corrected chi connectivity index (χ2v) is 6.31. The molecule has 0 radical (unpaired) electrons. The third-order valence-corrected chi connectivity index (χ3v) is 4.68. The summed E-state index contributed by atoms with van der Waals surface area (Å²) in [5.41, 5.74) is 0.262. The van der Waals surface area contributed by atoms with E-state index in [4.69, 9.17) is 9.84 Å². The number of hydrogen-bond donors (Lipinski definition) is 1. The van der Waals surface area contributed by atoms with E-state index in [9.17, 15) is 4.79 Å². The van der Waals surface area contributed by atoms with Gasteiger partial charge >= 0.3 is 5.97 Å². The first-order valence-electron chi connectivity index (χ1n) is 6.67. The van der Waals surface area contributed by atoms with Gasteiger partial charge in [0.1, 0.15) is 5.75 Å². The quantitative estimate of drug-likeness (QED) is 0.898. The van der Waals surface area contributed by atoms with Crippen molar-refractivity contribution in [1.82, 2.24) is 0 Å². The van der Waals surface area contributed by atoms with Gasteiger partial charge in [0.15, 0.2) is 0 Å². The SMILES string of the molecule is CC1CCC(Oc2ccc(C(=O)O)c(Br)c2)CC1C. The van der Waals surface area contributed by atoms with E-state index >= 15 is 0 Å². The lowest BCUT2D eigenvalue weighted by Gasteiger charge is -2.32. The van der Waals surface area contributed by atoms with Gasteiger partial charge in [0.25, 0.3) is 0 Å². The Morgan fingerprint density at radius 1 is 1.32 bits per heavy atom. The Morgan fingerprint density at radius 3 is 2.63 bits per heavy atom. The van der Waals surface area contributed by atoms with E-state index in [1.807, 2.05) is 0 Å². The van der Waals surface area contributed by atoms with E-state index in [0.717, 1.165) is 24.5 Å². The van der Waals surface area contributed by atoms with Crippen LogP contribution in [0.25, 0.3) is 0 Å². The Bertz CT molecular complexity index is 472. The van der Waals surface area contributed by atoms with Crippen LogP contribution in [0.15, 0.2) is 22.7 Å². The zero-order valence-electron chi connectivity index (χ0n) is 11.2. The molecule has 1 N–H and O–H groups in total. The summed E-state index contributed by atoms with van der Waals surface area (Å²) in [4.78, 5) is 10.9. The minimum absolute atomic E-state index is 0.244. The molecule has 0 heterocycles. The molecule has 1 aliphatic rings. The molecule has 1 aromatic rings. The van der Waals surface area contributed by atoms with Crippen LogP contribution >= 0.6 is 15.9 Å². The zero-order chi connectivity index (χ0) is 14.0. The van der Waals surface area contributed by atoms with Crippen molar-refractivity contribution in [3.05, 3.63) is 28.2 Å². The fraction of sp³-hybridized carbons (Fsp3) is 0.533. The molecule has 0 spiro atoms. The lowest BCUT2D eigenvalue weighted by Crippen LogP contribution is -2.28. The number of carboxylic acids is 1. The highest BCUT2D eigenvalue weighted by Crippen LogP contribution is 2.32. The average molecular weight is 327 g/mol. The van der Waals surface area contributed by atoms with Crippen LogP contribution in [-0.4, -0.2) is 17.2 Å². The third kappa shape index (κ3) is 3.50. The van der Waals surface area contributed by atoms with E-state index in [-0.39, 0.29) is 11.7 Å². The number of aromatic carboxylic acids is 1. The van der Waals surface area contributed by atoms with Crippen LogP contribution in [0.2, 0.25) is 0 Å². The molecule has 0 aromatic heterocycles. The smallest absolute Gasteiger partial charge is 0.336 e. The van der Waals surface area contributed by atoms with E-state index in [0.29, 0.717) is 10.4 Å². The largest absolute Gasteiger partial charge is 0.490 e. The van der Waals surface area contributed by atoms with Crippen molar-refractivity contribution in [2.24, 2.45) is 11.8 Å². The third-order valence-electron chi connectivity index (χ3n) is 4.02. The Hall–Kier alpha value is -1.03. The second kappa shape index (κ2) is 5.95. The highest BCUT2D eigenvalue weighted by atomic mass is 79.9. The molecule has 1 saturated carbocycles. The van der Waals surface area contributed by atoms with E-state index < -0.39 is 5.97 Å². The van der Waals surface area contributed by atoms with Gasteiger partial charge in [-0.1, -0.05) is 13.8 Å². The number of ether oxygens (including phenoxy) is 1. The van der Waals surface area contributed by atoms with Crippen molar-refractivity contribution in [2.75, 3.05) is 0 Å². The van der Waals surface area contributed by atoms with Gasteiger partial charge in [-0.2, -0.15) is 0 Å². The van der Waals surface area contributed by atoms with Crippen LogP contribution in [0.4, 0.5) is 0 Å². The average Bonchev–Trinajstić information content (AvgIpc) is 2.33. The topological polar surface area (TPSA) is 46.5 Å². The monoisotopic (exact) mass is 326 g/mol. The summed E-state index contributed by atoms with van der Waals surface area (Å²) in [7, 11) is 0. The molecule has 1 aliphatic carbocycles. The normalized spacial score (nSPS) is 27.0. The summed E-state index contributed by atoms with van der Waals surface area (Å²) in [5, 5.41) is 8.97. The first kappa shape index (κ1) is 14.4. The van der Waals surface area contributed by atoms with Gasteiger partial charge < -0.3 is 9.84 Å². The summed E-state index contributed by atoms with van der Waals surface area (Å²) in [5.74, 6) is 1.25. The molecule has 0 amide bonds. The van der Waals surface area contributed by atoms with Crippen LogP contribution in [0.5, 0.6) is 5.75 Å². The van der Waals surface area contributed by atoms with Crippen LogP contribution in [0.3, 0.4) is 0 Å². The van der Waals surface area contributed by atoms with Gasteiger partial charge in [-0.15, -0.1) is 0 Å². The minimum atomic E-state index is -0.932. The summed E-state index contributed by atoms with van der Waals surface area (Å²) in [6.45, 7) is 4.56. The van der Waals surface area contributed by atoms with Crippen LogP contribution < -0.4 is 4.74 Å². The molecule has 0 aliphatic heterocycles. The molecule has 19 heavy (non-hydrogen) atoms. The minimum Gasteiger partial charge on any atom is -0.490 e. The van der Waals surface area contributed by atoms with Gasteiger partial charge in [0.2, 0.25) is 0 Å². The second-order valence-electron chi connectivity index (χ2n) is 5.45. The first-order chi connectivity index (χ1) is 8.97. The Balaban J connectivity index is 2.04. The molecule has 104 valence electrons. The molecular formula is C15H19BrO3. The summed E-state index contributed by atoms with van der Waals surface area (Å²) < 4.78 is 6.53. The molecule has 1 fully saturated rings. The van der Waals surface area contributed by atoms with Crippen LogP contribution in [0.1, 0.15) is 43.5 Å². The molecule has 3 atom stereocenters. The van der Waals surface area contributed by atoms with E-state index in [2.05, 4.69) is 29.8 Å². The number of benzene rings is 1. The predicted octanol–water partition coefficient (Wildman–Crippen LogP) is 4.35. The Kier molecular flexibility index (Phi) is 4.50. The number of rotatable bonds is 3. The highest BCUT2D eigenvalue weighted by molar-refractivity contribution is 9.10. The molecule has 0 bridgehead atoms. The fourth-order valence-corrected chi connectivity index (χ4v) is 3.07. The van der Waals surface area contributed by atoms with E-state index in [1.165, 1.54) is 6.42 Å². The lowest BCUT2D eigenvalue weighted by atomic mass is 9.80. The van der Waals surface area contributed by atoms with Crippen molar-refractivity contribution < 1.29 is 14.6 Å². The predicted molar refractivity (Wildman–Crippen MR) is 77.7 cm³/mol. The summed E-state index contributed by atoms with van der Waals surface area (Å²) >= 11 is 3.27. The van der Waals surface area contributed by atoms with Crippen LogP contribution in [-0.2, 0) is 0 Å². The number of carboxylic acid groups (broad SMARTS) is 1. The van der Waals surface area contributed by atoms with Crippen molar-refractivity contribution in [2.45, 2.75) is 39.2 Å². The van der Waals surface area contributed by atoms with Gasteiger partial charge in [-0.25, -0.2) is 4.79 Å². The Morgan fingerprint density at radius 2 is 2.05 bits per heavy atom. The maximum atomic E-state index is 10.9. The number of hydrogen-bond acceptors (Lipinski definition) is 2. The summed E-state index contributed by atoms with van der Waals surface area (Å²) in [6, 6.07) is 5.06. The molecule has 2 rings (SSSR count). The maximum absolute atomic E-state index is 10.9. The van der Waals surface area contributed by atoms with Crippen molar-refractivity contribution in [3.63, 3.8) is 0 Å². The van der Waals surface area contributed by atoms with Crippen molar-refractivity contribution >= 4 is 21.9 Å². The zero-order valence-corrected chi connectivity index (χ0v) is 12.8. The summed E-state index contributed by atoms with van der Waals surface area (Å²) in [6.07, 6.45) is 3.58. The van der Waals surface area contributed by atoms with Crippen molar-refractivity contribution in [1.29, 1.82) is 0 Å². The lowest BCUT2D eigenvalue weighted by molar-refractivity contribution is 0.0695. The molecule has 3 unspecified atom stereocenters. The van der Waals surface area contributed by atoms with Gasteiger partial charge in [0.05, 0.1) is 11.7 Å². The number of halogens is 1. The molecular weight excluding hydrogens is 308 g/mol. The highest BCUT2D eigenvalue weighted by Gasteiger charge is 2.25. The maximum Gasteiger partial charge on any atom is 0.336 e. The first-order valence-corrected chi connectivity index (χ1v) is 7.46.